The van der Waals surface area contributed by atoms with Gasteiger partial charge in [-0.3, -0.25) is 5.41 Å². The summed E-state index contributed by atoms with van der Waals surface area (Å²) in [5.41, 5.74) is 8.94. The molecule has 0 aliphatic rings. The molecule has 7 N–H and O–H groups in total. The Morgan fingerprint density at radius 3 is 2.68 bits per heavy atom. The maximum absolute atomic E-state index is 10.1. The fourth-order valence-electron chi connectivity index (χ4n) is 0.792. The minimum Gasteiger partial charge on any atom is -0.370 e. The summed E-state index contributed by atoms with van der Waals surface area (Å²) >= 11 is 6.92. The molecule has 1 aromatic heterocycles. The smallest absolute Gasteiger partial charge is 0.268 e. The van der Waals surface area contributed by atoms with Gasteiger partial charge in [0, 0.05) is 18.1 Å². The topological polar surface area (TPSA) is 168 Å². The molecule has 0 unspecified atom stereocenters. The molecule has 10 nitrogen and oxygen atoms in total. The van der Waals surface area contributed by atoms with Crippen molar-refractivity contribution in [1.29, 1.82) is 5.41 Å². The van der Waals surface area contributed by atoms with Crippen LogP contribution in [-0.4, -0.2) is 29.0 Å². The van der Waals surface area contributed by atoms with Crippen molar-refractivity contribution in [3.63, 3.8) is 0 Å². The fourth-order valence-corrected chi connectivity index (χ4v) is 1.71. The number of nitro groups is 1. The minimum atomic E-state index is -0.779. The molecular weight excluding hydrogens is 296 g/mol. The predicted molar refractivity (Wildman–Crippen MR) is 73.6 cm³/mol. The van der Waals surface area contributed by atoms with Crippen molar-refractivity contribution in [1.82, 2.24) is 15.6 Å². The molecular formula is C7H13ClN8O2S. The second kappa shape index (κ2) is 8.88. The van der Waals surface area contributed by atoms with Crippen LogP contribution in [0.3, 0.4) is 0 Å². The van der Waals surface area contributed by atoms with Crippen molar-refractivity contribution in [3.05, 3.63) is 25.7 Å². The number of hydrogen-bond acceptors (Lipinski definition) is 5. The first kappa shape index (κ1) is 16.9. The molecule has 0 aliphatic carbocycles. The van der Waals surface area contributed by atoms with Gasteiger partial charge in [-0.25, -0.2) is 15.1 Å². The first-order valence-corrected chi connectivity index (χ1v) is 5.89. The van der Waals surface area contributed by atoms with Gasteiger partial charge in [0.05, 0.1) is 6.54 Å². The van der Waals surface area contributed by atoms with Crippen LogP contribution >= 0.6 is 22.9 Å². The Morgan fingerprint density at radius 2 is 2.32 bits per heavy atom. The van der Waals surface area contributed by atoms with E-state index in [0.717, 1.165) is 4.88 Å². The Bertz CT molecular complexity index is 458. The quantitative estimate of drug-likeness (QED) is 0.217. The van der Waals surface area contributed by atoms with Gasteiger partial charge in [0.2, 0.25) is 0 Å². The van der Waals surface area contributed by atoms with Crippen LogP contribution in [0.1, 0.15) is 4.88 Å². The molecule has 0 amide bonds. The van der Waals surface area contributed by atoms with Gasteiger partial charge in [-0.2, -0.15) is 0 Å². The predicted octanol–water partition coefficient (Wildman–Crippen LogP) is -0.508. The van der Waals surface area contributed by atoms with Gasteiger partial charge >= 0.3 is 0 Å². The van der Waals surface area contributed by atoms with Crippen molar-refractivity contribution < 1.29 is 5.03 Å². The van der Waals surface area contributed by atoms with E-state index in [9.17, 15) is 10.1 Å². The van der Waals surface area contributed by atoms with Gasteiger partial charge in [-0.1, -0.05) is 11.6 Å². The number of thiazole rings is 1. The summed E-state index contributed by atoms with van der Waals surface area (Å²) in [6, 6.07) is 0. The highest BCUT2D eigenvalue weighted by Gasteiger charge is 2.04. The van der Waals surface area contributed by atoms with Gasteiger partial charge in [-0.15, -0.1) is 11.3 Å². The van der Waals surface area contributed by atoms with Gasteiger partial charge < -0.3 is 22.1 Å². The SMILES string of the molecule is CN/C(=N\[N+](=O)[O-])NCc1cnc(Cl)s1.N=C(N)N. The number of nitrogens with zero attached hydrogens (tertiary/aromatic N) is 3. The van der Waals surface area contributed by atoms with E-state index in [2.05, 4.69) is 32.2 Å². The molecule has 0 aliphatic heterocycles. The monoisotopic (exact) mass is 308 g/mol. The van der Waals surface area contributed by atoms with Crippen molar-refractivity contribution in [2.75, 3.05) is 7.05 Å². The van der Waals surface area contributed by atoms with Crippen molar-refractivity contribution in [2.45, 2.75) is 6.54 Å². The normalized spacial score (nSPS) is 10.1. The number of hydrogen-bond donors (Lipinski definition) is 5. The lowest BCUT2D eigenvalue weighted by atomic mass is 10.5. The molecule has 1 aromatic rings. The van der Waals surface area contributed by atoms with Crippen molar-refractivity contribution in [2.24, 2.45) is 16.6 Å². The van der Waals surface area contributed by atoms with E-state index >= 15 is 0 Å². The zero-order valence-corrected chi connectivity index (χ0v) is 11.5. The minimum absolute atomic E-state index is 0.0875. The molecule has 0 saturated carbocycles. The Labute approximate surface area is 117 Å². The van der Waals surface area contributed by atoms with Crippen LogP contribution in [-0.2, 0) is 6.54 Å². The number of guanidine groups is 2. The van der Waals surface area contributed by atoms with Crippen LogP contribution in [0.15, 0.2) is 11.3 Å². The molecule has 0 atom stereocenters. The molecule has 0 fully saturated rings. The first-order valence-electron chi connectivity index (χ1n) is 4.69. The van der Waals surface area contributed by atoms with Gasteiger partial charge in [0.15, 0.2) is 15.5 Å². The molecule has 0 spiro atoms. The molecule has 0 saturated heterocycles. The summed E-state index contributed by atoms with van der Waals surface area (Å²) in [4.78, 5) is 14.8. The standard InChI is InChI=1S/C6H8ClN5O2S.CH5N3/c1-8-6(11-12(13)14)10-3-4-2-9-5(7)15-4;2-1(3)4/h2H,3H2,1H3,(H2,8,10,11);(H5,2,3,4). The van der Waals surface area contributed by atoms with E-state index < -0.39 is 5.03 Å². The highest BCUT2D eigenvalue weighted by Crippen LogP contribution is 2.16. The lowest BCUT2D eigenvalue weighted by Crippen LogP contribution is -2.34. The van der Waals surface area contributed by atoms with E-state index in [1.807, 2.05) is 0 Å². The molecule has 0 radical (unpaired) electrons. The number of hydrazone groups is 1. The number of halogens is 1. The molecule has 0 bridgehead atoms. The van der Waals surface area contributed by atoms with Crippen LogP contribution < -0.4 is 22.1 Å². The molecule has 1 heterocycles. The highest BCUT2D eigenvalue weighted by atomic mass is 35.5. The maximum Gasteiger partial charge on any atom is 0.268 e. The lowest BCUT2D eigenvalue weighted by molar-refractivity contribution is -0.485. The molecule has 0 aromatic carbocycles. The van der Waals surface area contributed by atoms with Gasteiger partial charge in [0.1, 0.15) is 5.10 Å². The fraction of sp³-hybridized carbons (Fsp3) is 0.286. The van der Waals surface area contributed by atoms with Crippen LogP contribution in [0, 0.1) is 15.5 Å². The Kier molecular flexibility index (Phi) is 7.88. The van der Waals surface area contributed by atoms with Gasteiger partial charge in [-0.05, 0) is 0 Å². The average Bonchev–Trinajstić information content (AvgIpc) is 2.69. The second-order valence-corrected chi connectivity index (χ2v) is 4.52. The Hall–Kier alpha value is -2.14. The first-order chi connectivity index (χ1) is 8.85. The lowest BCUT2D eigenvalue weighted by Gasteiger charge is -2.02. The Balaban J connectivity index is 0.000000711. The van der Waals surface area contributed by atoms with Crippen molar-refractivity contribution >= 4 is 34.9 Å². The third kappa shape index (κ3) is 9.55. The number of rotatable bonds is 3. The zero-order valence-electron chi connectivity index (χ0n) is 9.88. The van der Waals surface area contributed by atoms with Crippen LogP contribution in [0.25, 0.3) is 0 Å². The summed E-state index contributed by atoms with van der Waals surface area (Å²) in [7, 11) is 1.54. The largest absolute Gasteiger partial charge is 0.370 e. The number of nitrogens with one attached hydrogen (secondary N) is 3. The third-order valence-electron chi connectivity index (χ3n) is 1.37. The third-order valence-corrected chi connectivity index (χ3v) is 2.49. The maximum atomic E-state index is 10.1. The number of nitrogens with two attached hydrogens (primary N) is 2. The summed E-state index contributed by atoms with van der Waals surface area (Å²) in [6.07, 6.45) is 1.60. The molecule has 12 heteroatoms. The van der Waals surface area contributed by atoms with E-state index in [4.69, 9.17) is 17.0 Å². The highest BCUT2D eigenvalue weighted by molar-refractivity contribution is 7.15. The van der Waals surface area contributed by atoms with Gasteiger partial charge in [0.25, 0.3) is 5.96 Å². The summed E-state index contributed by atoms with van der Waals surface area (Å²) < 4.78 is 0.434. The van der Waals surface area contributed by atoms with E-state index in [1.54, 1.807) is 6.20 Å². The van der Waals surface area contributed by atoms with Crippen LogP contribution in [0.5, 0.6) is 0 Å². The molecule has 1 rings (SSSR count). The zero-order chi connectivity index (χ0) is 14.8. The average molecular weight is 309 g/mol. The Morgan fingerprint density at radius 1 is 1.74 bits per heavy atom. The van der Waals surface area contributed by atoms with Crippen molar-refractivity contribution in [3.8, 4) is 0 Å². The number of aromatic nitrogens is 1. The van der Waals surface area contributed by atoms with E-state index in [-0.39, 0.29) is 11.9 Å². The van der Waals surface area contributed by atoms with Crippen LogP contribution in [0.4, 0.5) is 0 Å². The van der Waals surface area contributed by atoms with E-state index in [0.29, 0.717) is 11.0 Å². The molecule has 19 heavy (non-hydrogen) atoms. The van der Waals surface area contributed by atoms with Crippen LogP contribution in [0.2, 0.25) is 4.47 Å². The summed E-state index contributed by atoms with van der Waals surface area (Å²) in [6.45, 7) is 0.387. The summed E-state index contributed by atoms with van der Waals surface area (Å²) in [5, 5.41) is 23.8. The molecule has 106 valence electrons. The second-order valence-electron chi connectivity index (χ2n) is 2.82. The summed E-state index contributed by atoms with van der Waals surface area (Å²) in [5.74, 6) is -0.246. The van der Waals surface area contributed by atoms with E-state index in [1.165, 1.54) is 18.4 Å².